The molecule has 0 spiro atoms. The van der Waals surface area contributed by atoms with E-state index in [1.807, 2.05) is 59.4 Å². The van der Waals surface area contributed by atoms with Gasteiger partial charge in [0, 0.05) is 56.4 Å². The van der Waals surface area contributed by atoms with Crippen LogP contribution in [-0.2, 0) is 20.1 Å². The van der Waals surface area contributed by atoms with Crippen LogP contribution >= 0.6 is 0 Å². The Labute approximate surface area is 368 Å². The maximum absolute atomic E-state index is 6.61. The average molecular weight is 980 g/mol. The normalized spacial score (nSPS) is 11.3. The zero-order valence-electron chi connectivity index (χ0n) is 35.1. The summed E-state index contributed by atoms with van der Waals surface area (Å²) in [6.07, 6.45) is 4.20. The average Bonchev–Trinajstić information content (AvgIpc) is 3.60. The molecule has 5 aromatic carbocycles. The van der Waals surface area contributed by atoms with Crippen molar-refractivity contribution in [2.45, 2.75) is 33.5 Å². The topological polar surface area (TPSA) is 43.0 Å². The number of aryl methyl sites for hydroxylation is 2. The van der Waals surface area contributed by atoms with Crippen LogP contribution in [-0.4, -0.2) is 20.2 Å². The summed E-state index contributed by atoms with van der Waals surface area (Å²) in [5.41, 5.74) is 14.1. The fourth-order valence-corrected chi connectivity index (χ4v) is 9.05. The van der Waals surface area contributed by atoms with Crippen LogP contribution in [0.2, 0.25) is 19.6 Å². The summed E-state index contributed by atoms with van der Waals surface area (Å²) in [5.74, 6) is 0.835. The van der Waals surface area contributed by atoms with Crippen molar-refractivity contribution < 1.29 is 38.4 Å². The minimum absolute atomic E-state index is 0. The number of furan rings is 1. The van der Waals surface area contributed by atoms with Crippen molar-refractivity contribution in [2.24, 2.45) is 0 Å². The zero-order valence-corrected chi connectivity index (χ0v) is 38.5. The summed E-state index contributed by atoms with van der Waals surface area (Å²) < 4.78 is 15.8. The second-order valence-corrected chi connectivity index (χ2v) is 21.4. The van der Waals surface area contributed by atoms with Crippen molar-refractivity contribution in [1.29, 1.82) is 0 Å². The van der Waals surface area contributed by atoms with Gasteiger partial charge in [-0.2, -0.15) is 37.1 Å². The van der Waals surface area contributed by atoms with Crippen LogP contribution in [0, 0.1) is 41.8 Å². The van der Waals surface area contributed by atoms with Gasteiger partial charge in [-0.1, -0.05) is 127 Å². The molecule has 4 aromatic heterocycles. The predicted octanol–water partition coefficient (Wildman–Crippen LogP) is 11.9. The number of methoxy groups -OCH3 is 1. The van der Waals surface area contributed by atoms with E-state index in [4.69, 9.17) is 9.15 Å². The van der Waals surface area contributed by atoms with Crippen LogP contribution in [0.1, 0.15) is 22.5 Å². The van der Waals surface area contributed by atoms with Gasteiger partial charge in [-0.25, -0.2) is 0 Å². The Morgan fingerprint density at radius 3 is 2.02 bits per heavy atom. The molecule has 0 aliphatic carbocycles. The molecule has 0 fully saturated rings. The van der Waals surface area contributed by atoms with E-state index in [0.717, 1.165) is 106 Å². The maximum atomic E-state index is 6.61. The largest absolute Gasteiger partial charge is 0.499 e. The molecule has 4 heterocycles. The van der Waals surface area contributed by atoms with E-state index < -0.39 is 8.07 Å². The monoisotopic (exact) mass is 980 g/mol. The third kappa shape index (κ3) is 8.17. The second kappa shape index (κ2) is 16.8. The molecular weight excluding hydrogens is 931 g/mol. The number of aromatic nitrogens is 3. The third-order valence-corrected chi connectivity index (χ3v) is 13.0. The molecule has 9 rings (SSSR count). The van der Waals surface area contributed by atoms with E-state index >= 15 is 0 Å². The maximum Gasteiger partial charge on any atom is 0.133 e. The number of ether oxygens (including phenoxy) is 1. The van der Waals surface area contributed by atoms with Crippen molar-refractivity contribution in [3.05, 3.63) is 190 Å². The van der Waals surface area contributed by atoms with Gasteiger partial charge >= 0.3 is 0 Å². The Morgan fingerprint density at radius 2 is 1.30 bits per heavy atom. The van der Waals surface area contributed by atoms with Gasteiger partial charge in [0.15, 0.2) is 0 Å². The van der Waals surface area contributed by atoms with Crippen molar-refractivity contribution in [3.63, 3.8) is 0 Å². The zero-order chi connectivity index (χ0) is 41.6. The molecule has 0 atom stereocenters. The van der Waals surface area contributed by atoms with Gasteiger partial charge in [0.2, 0.25) is 0 Å². The third-order valence-electron chi connectivity index (χ3n) is 11.0. The molecule has 7 heteroatoms. The number of hydrogen-bond acceptors (Lipinski definition) is 3. The molecule has 1 radical (unpaired) electrons. The molecular formula is C53H49IrN3O2Si-2. The smallest absolute Gasteiger partial charge is 0.133 e. The van der Waals surface area contributed by atoms with Crippen LogP contribution in [0.3, 0.4) is 0 Å². The van der Waals surface area contributed by atoms with Crippen LogP contribution in [0.15, 0.2) is 144 Å². The van der Waals surface area contributed by atoms with E-state index in [-0.39, 0.29) is 20.1 Å². The number of benzene rings is 5. The molecule has 0 aliphatic rings. The molecule has 0 aliphatic heterocycles. The molecule has 0 N–H and O–H groups in total. The molecule has 60 heavy (non-hydrogen) atoms. The van der Waals surface area contributed by atoms with E-state index in [1.54, 1.807) is 7.11 Å². The van der Waals surface area contributed by atoms with Gasteiger partial charge in [0.25, 0.3) is 0 Å². The Bertz CT molecular complexity index is 3030. The van der Waals surface area contributed by atoms with Crippen molar-refractivity contribution >= 4 is 46.0 Å². The molecule has 0 amide bonds. The molecule has 303 valence electrons. The second-order valence-electron chi connectivity index (χ2n) is 16.3. The summed E-state index contributed by atoms with van der Waals surface area (Å²) in [6.45, 7) is 19.7. The summed E-state index contributed by atoms with van der Waals surface area (Å²) in [4.78, 5) is 4.56. The number of pyridine rings is 3. The minimum atomic E-state index is -1.32. The van der Waals surface area contributed by atoms with Crippen molar-refractivity contribution in [1.82, 2.24) is 4.98 Å². The number of rotatable bonds is 6. The van der Waals surface area contributed by atoms with Gasteiger partial charge in [-0.05, 0) is 65.6 Å². The molecule has 0 saturated heterocycles. The van der Waals surface area contributed by atoms with Gasteiger partial charge < -0.3 is 18.3 Å². The van der Waals surface area contributed by atoms with Crippen molar-refractivity contribution in [3.8, 4) is 50.5 Å². The van der Waals surface area contributed by atoms with Crippen molar-refractivity contribution in [2.75, 3.05) is 7.11 Å². The van der Waals surface area contributed by atoms with Gasteiger partial charge in [-0.15, -0.1) is 5.56 Å². The molecule has 0 unspecified atom stereocenters. The Kier molecular flexibility index (Phi) is 11.7. The van der Waals surface area contributed by atoms with Crippen LogP contribution in [0.4, 0.5) is 0 Å². The van der Waals surface area contributed by atoms with Gasteiger partial charge in [-0.3, -0.25) is 4.98 Å². The number of nitrogens with zero attached hydrogens (tertiary/aromatic N) is 3. The van der Waals surface area contributed by atoms with Crippen LogP contribution < -0.4 is 19.1 Å². The summed E-state index contributed by atoms with van der Waals surface area (Å²) >= 11 is 0. The van der Waals surface area contributed by atoms with E-state index in [1.165, 1.54) is 5.19 Å². The SMILES string of the molecule is [CH2-]c1cc(-c2cccc(-c3cc(C)nc(C)c3)c2)c2c(oc3ccccc32)c1-c1cc2ccccc2c[n+]1[CH2-].[CH2-]c1ccc(OC)cc1-c1ccc([Si](C)(C)C)c[n+]1[CH2-].[Ir]. The fraction of sp³-hybridized carbons (Fsp3) is 0.113. The predicted molar refractivity (Wildman–Crippen MR) is 247 cm³/mol. The first kappa shape index (κ1) is 41.9. The Hall–Kier alpha value is -6.24. The number of para-hydroxylation sites is 1. The first-order valence-corrected chi connectivity index (χ1v) is 23.3. The molecule has 9 aromatic rings. The summed E-state index contributed by atoms with van der Waals surface area (Å²) in [7, 11) is 8.82. The molecule has 5 nitrogen and oxygen atoms in total. The van der Waals surface area contributed by atoms with Crippen LogP contribution in [0.25, 0.3) is 77.5 Å². The van der Waals surface area contributed by atoms with Gasteiger partial charge in [0.05, 0.1) is 50.3 Å². The van der Waals surface area contributed by atoms with E-state index in [9.17, 15) is 0 Å². The standard InChI is InChI=1S/C36H27N2O.C17H22NOSi.Ir/c1-22-16-31(27-13-9-12-25(19-27)29-17-23(2)37-24(3)18-29)35-30-14-7-8-15-33(30)39-36(35)34(22)32-20-26-10-5-6-11-28(26)21-38(32)4;1-13-7-8-14(19-3)11-16(13)17-10-9-15(12-18(17)2)20(4,5)6;/h5-21H,1,4H2,2-3H3;7-12H,1-2H2,3-6H3;/q2*-1;. The molecule has 0 bridgehead atoms. The summed E-state index contributed by atoms with van der Waals surface area (Å²) in [6, 6.07) is 44.2. The first-order chi connectivity index (χ1) is 28.3. The Balaban J connectivity index is 0.000000220. The van der Waals surface area contributed by atoms with Gasteiger partial charge in [0.1, 0.15) is 5.58 Å². The minimum Gasteiger partial charge on any atom is -0.499 e. The number of hydrogen-bond donors (Lipinski definition) is 0. The first-order valence-electron chi connectivity index (χ1n) is 19.8. The fourth-order valence-electron chi connectivity index (χ4n) is 7.93. The molecule has 0 saturated carbocycles. The Morgan fingerprint density at radius 1 is 0.617 bits per heavy atom. The van der Waals surface area contributed by atoms with Crippen LogP contribution in [0.5, 0.6) is 5.75 Å². The van der Waals surface area contributed by atoms with E-state index in [2.05, 4.69) is 156 Å². The quantitative estimate of drug-likeness (QED) is 0.0947. The van der Waals surface area contributed by atoms with E-state index in [0.29, 0.717) is 0 Å². The number of fused-ring (bicyclic) bond motifs is 4. The summed E-state index contributed by atoms with van der Waals surface area (Å²) in [5, 5.41) is 5.85.